The van der Waals surface area contributed by atoms with Crippen molar-refractivity contribution in [2.24, 2.45) is 5.92 Å². The van der Waals surface area contributed by atoms with Crippen molar-refractivity contribution in [3.63, 3.8) is 0 Å². The summed E-state index contributed by atoms with van der Waals surface area (Å²) in [6.45, 7) is 2.30. The third-order valence-corrected chi connectivity index (χ3v) is 4.67. The number of anilines is 2. The van der Waals surface area contributed by atoms with Gasteiger partial charge in [0.2, 0.25) is 0 Å². The molecule has 110 valence electrons. The molecule has 4 heteroatoms. The second-order valence-corrected chi connectivity index (χ2v) is 6.35. The molecule has 2 aliphatic carbocycles. The number of nitrogens with zero attached hydrogens (tertiary/aromatic N) is 2. The highest BCUT2D eigenvalue weighted by molar-refractivity contribution is 5.48. The van der Waals surface area contributed by atoms with Gasteiger partial charge in [0.05, 0.1) is 0 Å². The SMILES string of the molecule is CNc1cc(NC(C)C2CCCCC2)nc(C2CC2)n1. The topological polar surface area (TPSA) is 49.8 Å². The summed E-state index contributed by atoms with van der Waals surface area (Å²) < 4.78 is 0. The third-order valence-electron chi connectivity index (χ3n) is 4.67. The van der Waals surface area contributed by atoms with E-state index in [1.54, 1.807) is 0 Å². The first-order chi connectivity index (χ1) is 9.76. The zero-order chi connectivity index (χ0) is 13.9. The van der Waals surface area contributed by atoms with Crippen molar-refractivity contribution in [3.8, 4) is 0 Å². The second-order valence-electron chi connectivity index (χ2n) is 6.35. The summed E-state index contributed by atoms with van der Waals surface area (Å²) >= 11 is 0. The van der Waals surface area contributed by atoms with Crippen LogP contribution >= 0.6 is 0 Å². The maximum atomic E-state index is 4.72. The first-order valence-electron chi connectivity index (χ1n) is 8.09. The van der Waals surface area contributed by atoms with E-state index in [1.807, 2.05) is 13.1 Å². The van der Waals surface area contributed by atoms with Crippen LogP contribution in [0, 0.1) is 5.92 Å². The van der Waals surface area contributed by atoms with Crippen LogP contribution < -0.4 is 10.6 Å². The standard InChI is InChI=1S/C16H26N4/c1-11(12-6-4-3-5-7-12)18-15-10-14(17-2)19-16(20-15)13-8-9-13/h10-13H,3-9H2,1-2H3,(H2,17,18,19,20). The molecule has 1 aromatic heterocycles. The average molecular weight is 274 g/mol. The maximum absolute atomic E-state index is 4.72. The van der Waals surface area contributed by atoms with Gasteiger partial charge in [0.25, 0.3) is 0 Å². The Balaban J connectivity index is 1.70. The molecule has 0 bridgehead atoms. The Morgan fingerprint density at radius 1 is 1.05 bits per heavy atom. The Morgan fingerprint density at radius 3 is 2.40 bits per heavy atom. The van der Waals surface area contributed by atoms with E-state index < -0.39 is 0 Å². The molecule has 0 amide bonds. The van der Waals surface area contributed by atoms with Gasteiger partial charge in [-0.2, -0.15) is 0 Å². The van der Waals surface area contributed by atoms with Gasteiger partial charge in [0.15, 0.2) is 0 Å². The van der Waals surface area contributed by atoms with Crippen LogP contribution in [0.1, 0.15) is 63.6 Å². The molecule has 0 spiro atoms. The quantitative estimate of drug-likeness (QED) is 0.858. The molecule has 0 radical (unpaired) electrons. The zero-order valence-electron chi connectivity index (χ0n) is 12.7. The second kappa shape index (κ2) is 5.98. The Hall–Kier alpha value is -1.32. The molecule has 4 nitrogen and oxygen atoms in total. The molecule has 1 heterocycles. The Labute approximate surface area is 121 Å². The van der Waals surface area contributed by atoms with Gasteiger partial charge in [0, 0.05) is 25.1 Å². The van der Waals surface area contributed by atoms with Crippen molar-refractivity contribution in [1.82, 2.24) is 9.97 Å². The number of hydrogen-bond donors (Lipinski definition) is 2. The lowest BCUT2D eigenvalue weighted by Crippen LogP contribution is -2.28. The summed E-state index contributed by atoms with van der Waals surface area (Å²) in [5.74, 6) is 4.31. The van der Waals surface area contributed by atoms with E-state index in [-0.39, 0.29) is 0 Å². The van der Waals surface area contributed by atoms with Crippen LogP contribution in [0.2, 0.25) is 0 Å². The van der Waals surface area contributed by atoms with Gasteiger partial charge in [-0.3, -0.25) is 0 Å². The molecule has 20 heavy (non-hydrogen) atoms. The van der Waals surface area contributed by atoms with Crippen LogP contribution in [0.15, 0.2) is 6.07 Å². The van der Waals surface area contributed by atoms with Gasteiger partial charge in [0.1, 0.15) is 17.5 Å². The van der Waals surface area contributed by atoms with Crippen LogP contribution in [0.3, 0.4) is 0 Å². The summed E-state index contributed by atoms with van der Waals surface area (Å²) in [6, 6.07) is 2.53. The minimum Gasteiger partial charge on any atom is -0.373 e. The predicted molar refractivity (Wildman–Crippen MR) is 83.2 cm³/mol. The molecule has 1 unspecified atom stereocenters. The smallest absolute Gasteiger partial charge is 0.136 e. The molecule has 2 N–H and O–H groups in total. The van der Waals surface area contributed by atoms with Crippen LogP contribution in [-0.2, 0) is 0 Å². The maximum Gasteiger partial charge on any atom is 0.136 e. The largest absolute Gasteiger partial charge is 0.373 e. The summed E-state index contributed by atoms with van der Waals surface area (Å²) in [6.07, 6.45) is 9.37. The third kappa shape index (κ3) is 3.22. The highest BCUT2D eigenvalue weighted by Crippen LogP contribution is 2.39. The molecule has 0 saturated heterocycles. The molecule has 2 saturated carbocycles. The van der Waals surface area contributed by atoms with Crippen molar-refractivity contribution in [2.75, 3.05) is 17.7 Å². The molecule has 2 fully saturated rings. The lowest BCUT2D eigenvalue weighted by Gasteiger charge is -2.28. The van der Waals surface area contributed by atoms with Gasteiger partial charge < -0.3 is 10.6 Å². The van der Waals surface area contributed by atoms with E-state index in [4.69, 9.17) is 4.98 Å². The number of rotatable bonds is 5. The number of aromatic nitrogens is 2. The molecule has 3 rings (SSSR count). The minimum atomic E-state index is 0.502. The van der Waals surface area contributed by atoms with E-state index in [0.717, 1.165) is 23.4 Å². The lowest BCUT2D eigenvalue weighted by molar-refractivity contribution is 0.328. The fourth-order valence-corrected chi connectivity index (χ4v) is 3.18. The highest BCUT2D eigenvalue weighted by atomic mass is 15.1. The summed E-state index contributed by atoms with van der Waals surface area (Å²) in [4.78, 5) is 9.29. The van der Waals surface area contributed by atoms with Gasteiger partial charge in [-0.25, -0.2) is 9.97 Å². The van der Waals surface area contributed by atoms with Crippen molar-refractivity contribution in [3.05, 3.63) is 11.9 Å². The van der Waals surface area contributed by atoms with E-state index in [1.165, 1.54) is 44.9 Å². The van der Waals surface area contributed by atoms with Crippen LogP contribution in [0.25, 0.3) is 0 Å². The molecular formula is C16H26N4. The number of nitrogens with one attached hydrogen (secondary N) is 2. The van der Waals surface area contributed by atoms with E-state index in [0.29, 0.717) is 12.0 Å². The molecule has 2 aliphatic rings. The Kier molecular flexibility index (Phi) is 4.08. The van der Waals surface area contributed by atoms with Crippen molar-refractivity contribution < 1.29 is 0 Å². The van der Waals surface area contributed by atoms with E-state index >= 15 is 0 Å². The zero-order valence-corrected chi connectivity index (χ0v) is 12.7. The van der Waals surface area contributed by atoms with Crippen molar-refractivity contribution in [2.45, 2.75) is 63.8 Å². The first-order valence-corrected chi connectivity index (χ1v) is 8.09. The van der Waals surface area contributed by atoms with Gasteiger partial charge >= 0.3 is 0 Å². The fourth-order valence-electron chi connectivity index (χ4n) is 3.18. The predicted octanol–water partition coefficient (Wildman–Crippen LogP) is 3.78. The van der Waals surface area contributed by atoms with Crippen molar-refractivity contribution in [1.29, 1.82) is 0 Å². The average Bonchev–Trinajstić information content (AvgIpc) is 3.32. The fraction of sp³-hybridized carbons (Fsp3) is 0.750. The summed E-state index contributed by atoms with van der Waals surface area (Å²) in [7, 11) is 1.92. The van der Waals surface area contributed by atoms with Crippen LogP contribution in [0.5, 0.6) is 0 Å². The molecule has 0 aromatic carbocycles. The van der Waals surface area contributed by atoms with Crippen LogP contribution in [0.4, 0.5) is 11.6 Å². The molecule has 0 aliphatic heterocycles. The van der Waals surface area contributed by atoms with Gasteiger partial charge in [-0.05, 0) is 38.5 Å². The van der Waals surface area contributed by atoms with Crippen molar-refractivity contribution >= 4 is 11.6 Å². The Morgan fingerprint density at radius 2 is 1.75 bits per heavy atom. The lowest BCUT2D eigenvalue weighted by atomic mass is 9.84. The van der Waals surface area contributed by atoms with Gasteiger partial charge in [-0.15, -0.1) is 0 Å². The van der Waals surface area contributed by atoms with E-state index in [2.05, 4.69) is 22.5 Å². The summed E-state index contributed by atoms with van der Waals surface area (Å²) in [5.41, 5.74) is 0. The molecule has 1 aromatic rings. The summed E-state index contributed by atoms with van der Waals surface area (Å²) in [5, 5.41) is 6.77. The van der Waals surface area contributed by atoms with Gasteiger partial charge in [-0.1, -0.05) is 19.3 Å². The normalized spacial score (nSPS) is 21.5. The first kappa shape index (κ1) is 13.7. The Bertz CT molecular complexity index is 450. The highest BCUT2D eigenvalue weighted by Gasteiger charge is 2.28. The molecule has 1 atom stereocenters. The molecular weight excluding hydrogens is 248 g/mol. The number of hydrogen-bond acceptors (Lipinski definition) is 4. The van der Waals surface area contributed by atoms with E-state index in [9.17, 15) is 0 Å². The minimum absolute atomic E-state index is 0.502. The van der Waals surface area contributed by atoms with Crippen LogP contribution in [-0.4, -0.2) is 23.1 Å². The monoisotopic (exact) mass is 274 g/mol.